The Morgan fingerprint density at radius 1 is 1.35 bits per heavy atom. The first-order valence-corrected chi connectivity index (χ1v) is 5.31. The number of anilines is 1. The third kappa shape index (κ3) is 2.50. The largest absolute Gasteiger partial charge is 0.320 e. The van der Waals surface area contributed by atoms with Gasteiger partial charge in [0, 0.05) is 12.7 Å². The lowest BCUT2D eigenvalue weighted by molar-refractivity contribution is 0.102. The van der Waals surface area contributed by atoms with E-state index in [1.807, 2.05) is 32.0 Å². The van der Waals surface area contributed by atoms with Gasteiger partial charge in [0.15, 0.2) is 5.69 Å². The Balaban J connectivity index is 2.18. The van der Waals surface area contributed by atoms with Gasteiger partial charge in [0.25, 0.3) is 5.91 Å². The molecular formula is C12H14N4O. The number of carbonyl (C=O) groups is 1. The molecule has 0 atom stereocenters. The number of aromatic nitrogens is 3. The van der Waals surface area contributed by atoms with E-state index in [2.05, 4.69) is 15.6 Å². The minimum absolute atomic E-state index is 0.245. The molecule has 2 rings (SSSR count). The zero-order valence-corrected chi connectivity index (χ0v) is 10.1. The summed E-state index contributed by atoms with van der Waals surface area (Å²) in [7, 11) is 1.72. The van der Waals surface area contributed by atoms with Crippen LogP contribution in [0.3, 0.4) is 0 Å². The van der Waals surface area contributed by atoms with Gasteiger partial charge in [-0.3, -0.25) is 9.48 Å². The SMILES string of the molecule is Cc1ccc(NC(=O)c2cn(C)nn2)c(C)c1. The number of amides is 1. The highest BCUT2D eigenvalue weighted by molar-refractivity contribution is 6.03. The number of benzene rings is 1. The lowest BCUT2D eigenvalue weighted by Gasteiger charge is -2.07. The number of aryl methyl sites for hydroxylation is 3. The fourth-order valence-corrected chi connectivity index (χ4v) is 1.59. The van der Waals surface area contributed by atoms with Gasteiger partial charge in [-0.1, -0.05) is 22.9 Å². The third-order valence-electron chi connectivity index (χ3n) is 2.47. The fraction of sp³-hybridized carbons (Fsp3) is 0.250. The molecule has 1 heterocycles. The lowest BCUT2D eigenvalue weighted by atomic mass is 10.1. The Hall–Kier alpha value is -2.17. The molecule has 0 aliphatic carbocycles. The molecule has 1 aromatic heterocycles. The van der Waals surface area contributed by atoms with E-state index < -0.39 is 0 Å². The normalized spacial score (nSPS) is 10.3. The van der Waals surface area contributed by atoms with E-state index >= 15 is 0 Å². The molecule has 0 saturated carbocycles. The van der Waals surface area contributed by atoms with Crippen molar-refractivity contribution in [2.45, 2.75) is 13.8 Å². The van der Waals surface area contributed by atoms with Crippen molar-refractivity contribution in [2.75, 3.05) is 5.32 Å². The molecule has 0 saturated heterocycles. The Morgan fingerprint density at radius 2 is 2.12 bits per heavy atom. The predicted molar refractivity (Wildman–Crippen MR) is 64.9 cm³/mol. The van der Waals surface area contributed by atoms with Gasteiger partial charge >= 0.3 is 0 Å². The summed E-state index contributed by atoms with van der Waals surface area (Å²) in [6.07, 6.45) is 1.58. The number of nitrogens with one attached hydrogen (secondary N) is 1. The highest BCUT2D eigenvalue weighted by Gasteiger charge is 2.10. The topological polar surface area (TPSA) is 59.8 Å². The van der Waals surface area contributed by atoms with Gasteiger partial charge in [-0.25, -0.2) is 0 Å². The molecule has 0 aliphatic heterocycles. The van der Waals surface area contributed by atoms with E-state index in [0.29, 0.717) is 5.69 Å². The molecular weight excluding hydrogens is 216 g/mol. The number of carbonyl (C=O) groups excluding carboxylic acids is 1. The summed E-state index contributed by atoms with van der Waals surface area (Å²) in [5.74, 6) is -0.245. The molecule has 0 spiro atoms. The van der Waals surface area contributed by atoms with E-state index in [0.717, 1.165) is 11.3 Å². The lowest BCUT2D eigenvalue weighted by Crippen LogP contribution is -2.13. The molecule has 5 heteroatoms. The van der Waals surface area contributed by atoms with E-state index in [1.165, 1.54) is 10.2 Å². The van der Waals surface area contributed by atoms with Crippen LogP contribution < -0.4 is 5.32 Å². The Bertz CT molecular complexity index is 559. The average molecular weight is 230 g/mol. The second kappa shape index (κ2) is 4.37. The summed E-state index contributed by atoms with van der Waals surface area (Å²) in [4.78, 5) is 11.8. The second-order valence-corrected chi connectivity index (χ2v) is 4.05. The molecule has 2 aromatic rings. The van der Waals surface area contributed by atoms with Crippen molar-refractivity contribution in [1.29, 1.82) is 0 Å². The molecule has 1 N–H and O–H groups in total. The monoisotopic (exact) mass is 230 g/mol. The Morgan fingerprint density at radius 3 is 2.71 bits per heavy atom. The Labute approximate surface area is 99.5 Å². The summed E-state index contributed by atoms with van der Waals surface area (Å²) in [5.41, 5.74) is 3.31. The maximum Gasteiger partial charge on any atom is 0.277 e. The standard InChI is InChI=1S/C12H14N4O/c1-8-4-5-10(9(2)6-8)13-12(17)11-7-16(3)15-14-11/h4-7H,1-3H3,(H,13,17). The van der Waals surface area contributed by atoms with Crippen molar-refractivity contribution in [2.24, 2.45) is 7.05 Å². The summed E-state index contributed by atoms with van der Waals surface area (Å²) < 4.78 is 1.50. The summed E-state index contributed by atoms with van der Waals surface area (Å²) in [6, 6.07) is 5.87. The van der Waals surface area contributed by atoms with Crippen LogP contribution in [0, 0.1) is 13.8 Å². The first kappa shape index (κ1) is 11.3. The van der Waals surface area contributed by atoms with Crippen LogP contribution >= 0.6 is 0 Å². The van der Waals surface area contributed by atoms with Gasteiger partial charge < -0.3 is 5.32 Å². The maximum absolute atomic E-state index is 11.8. The van der Waals surface area contributed by atoms with Crippen LogP contribution in [0.25, 0.3) is 0 Å². The van der Waals surface area contributed by atoms with Crippen LogP contribution in [0.2, 0.25) is 0 Å². The predicted octanol–water partition coefficient (Wildman–Crippen LogP) is 1.68. The van der Waals surface area contributed by atoms with Crippen molar-refractivity contribution >= 4 is 11.6 Å². The molecule has 17 heavy (non-hydrogen) atoms. The maximum atomic E-state index is 11.8. The third-order valence-corrected chi connectivity index (χ3v) is 2.47. The molecule has 0 bridgehead atoms. The minimum atomic E-state index is -0.245. The van der Waals surface area contributed by atoms with E-state index in [9.17, 15) is 4.79 Å². The zero-order valence-electron chi connectivity index (χ0n) is 10.1. The molecule has 0 fully saturated rings. The van der Waals surface area contributed by atoms with Gasteiger partial charge in [0.2, 0.25) is 0 Å². The van der Waals surface area contributed by atoms with Crippen LogP contribution in [0.5, 0.6) is 0 Å². The average Bonchev–Trinajstić information content (AvgIpc) is 2.69. The zero-order chi connectivity index (χ0) is 12.4. The van der Waals surface area contributed by atoms with Crippen LogP contribution in [-0.4, -0.2) is 20.9 Å². The highest BCUT2D eigenvalue weighted by atomic mass is 16.2. The van der Waals surface area contributed by atoms with Gasteiger partial charge in [0.1, 0.15) is 0 Å². The molecule has 0 aliphatic rings. The van der Waals surface area contributed by atoms with E-state index in [-0.39, 0.29) is 5.91 Å². The molecule has 5 nitrogen and oxygen atoms in total. The van der Waals surface area contributed by atoms with Crippen molar-refractivity contribution in [1.82, 2.24) is 15.0 Å². The van der Waals surface area contributed by atoms with Crippen LogP contribution in [0.15, 0.2) is 24.4 Å². The van der Waals surface area contributed by atoms with E-state index in [4.69, 9.17) is 0 Å². The quantitative estimate of drug-likeness (QED) is 0.854. The first-order chi connectivity index (χ1) is 8.06. The van der Waals surface area contributed by atoms with Crippen LogP contribution in [0.4, 0.5) is 5.69 Å². The summed E-state index contributed by atoms with van der Waals surface area (Å²) in [5, 5.41) is 10.3. The molecule has 1 aromatic carbocycles. The van der Waals surface area contributed by atoms with Crippen molar-refractivity contribution < 1.29 is 4.79 Å². The van der Waals surface area contributed by atoms with Gasteiger partial charge in [0.05, 0.1) is 6.20 Å². The molecule has 0 unspecified atom stereocenters. The van der Waals surface area contributed by atoms with E-state index in [1.54, 1.807) is 13.2 Å². The fourth-order valence-electron chi connectivity index (χ4n) is 1.59. The van der Waals surface area contributed by atoms with Crippen LogP contribution in [-0.2, 0) is 7.05 Å². The number of hydrogen-bond donors (Lipinski definition) is 1. The first-order valence-electron chi connectivity index (χ1n) is 5.31. The Kier molecular flexibility index (Phi) is 2.91. The number of hydrogen-bond acceptors (Lipinski definition) is 3. The van der Waals surface area contributed by atoms with Gasteiger partial charge in [-0.15, -0.1) is 5.10 Å². The smallest absolute Gasteiger partial charge is 0.277 e. The summed E-state index contributed by atoms with van der Waals surface area (Å²) >= 11 is 0. The molecule has 1 amide bonds. The van der Waals surface area contributed by atoms with Crippen molar-refractivity contribution in [3.8, 4) is 0 Å². The number of rotatable bonds is 2. The van der Waals surface area contributed by atoms with Crippen molar-refractivity contribution in [3.63, 3.8) is 0 Å². The molecule has 0 radical (unpaired) electrons. The summed E-state index contributed by atoms with van der Waals surface area (Å²) in [6.45, 7) is 3.97. The van der Waals surface area contributed by atoms with Gasteiger partial charge in [-0.2, -0.15) is 0 Å². The van der Waals surface area contributed by atoms with Crippen molar-refractivity contribution in [3.05, 3.63) is 41.2 Å². The second-order valence-electron chi connectivity index (χ2n) is 4.05. The minimum Gasteiger partial charge on any atom is -0.320 e. The van der Waals surface area contributed by atoms with Crippen LogP contribution in [0.1, 0.15) is 21.6 Å². The van der Waals surface area contributed by atoms with Gasteiger partial charge in [-0.05, 0) is 25.5 Å². The highest BCUT2D eigenvalue weighted by Crippen LogP contribution is 2.16. The number of nitrogens with zero attached hydrogens (tertiary/aromatic N) is 3. The molecule has 88 valence electrons.